The van der Waals surface area contributed by atoms with Gasteiger partial charge in [0.2, 0.25) is 0 Å². The summed E-state index contributed by atoms with van der Waals surface area (Å²) < 4.78 is 4.66. The molecule has 0 aliphatic rings. The highest BCUT2D eigenvalue weighted by molar-refractivity contribution is 7.15. The largest absolute Gasteiger partial charge is 0.465 e. The van der Waals surface area contributed by atoms with Crippen molar-refractivity contribution < 1.29 is 9.53 Å². The molecule has 0 atom stereocenters. The van der Waals surface area contributed by atoms with Crippen molar-refractivity contribution >= 4 is 33.9 Å². The molecule has 2 heterocycles. The Morgan fingerprint density at radius 3 is 2.79 bits per heavy atom. The van der Waals surface area contributed by atoms with Crippen LogP contribution < -0.4 is 11.1 Å². The molecule has 0 amide bonds. The van der Waals surface area contributed by atoms with E-state index in [-0.39, 0.29) is 11.3 Å². The molecule has 0 radical (unpaired) electrons. The Balaban J connectivity index is 2.33. The Kier molecular flexibility index (Phi) is 3.66. The number of carbonyl (C=O) groups excluding carboxylic acids is 1. The molecule has 19 heavy (non-hydrogen) atoms. The van der Waals surface area contributed by atoms with E-state index in [0.717, 1.165) is 10.6 Å². The van der Waals surface area contributed by atoms with E-state index in [1.807, 2.05) is 13.8 Å². The number of hydrogen-bond donors (Lipinski definition) is 2. The zero-order valence-corrected chi connectivity index (χ0v) is 11.7. The molecule has 7 heteroatoms. The minimum atomic E-state index is -0.491. The maximum absolute atomic E-state index is 11.5. The van der Waals surface area contributed by atoms with E-state index in [0.29, 0.717) is 10.9 Å². The molecular weight excluding hydrogens is 264 g/mol. The van der Waals surface area contributed by atoms with Crippen molar-refractivity contribution in [3.63, 3.8) is 0 Å². The number of methoxy groups -OCH3 is 1. The number of thiazole rings is 1. The smallest absolute Gasteiger partial charge is 0.340 e. The summed E-state index contributed by atoms with van der Waals surface area (Å²) in [6.07, 6.45) is 1.50. The molecule has 3 N–H and O–H groups in total. The van der Waals surface area contributed by atoms with Gasteiger partial charge in [-0.2, -0.15) is 0 Å². The van der Waals surface area contributed by atoms with Gasteiger partial charge < -0.3 is 15.8 Å². The number of nitrogens with one attached hydrogen (secondary N) is 1. The van der Waals surface area contributed by atoms with Gasteiger partial charge in [-0.05, 0) is 19.9 Å². The average Bonchev–Trinajstić information content (AvgIpc) is 2.70. The fourth-order valence-electron chi connectivity index (χ4n) is 1.49. The Bertz CT molecular complexity index is 605. The summed E-state index contributed by atoms with van der Waals surface area (Å²) >= 11 is 1.50. The fraction of sp³-hybridized carbons (Fsp3) is 0.250. The second-order valence-corrected chi connectivity index (χ2v) is 5.10. The van der Waals surface area contributed by atoms with Crippen molar-refractivity contribution in [3.05, 3.63) is 28.4 Å². The molecule has 0 aromatic carbocycles. The molecule has 2 aromatic rings. The molecule has 2 rings (SSSR count). The molecule has 0 fully saturated rings. The van der Waals surface area contributed by atoms with Crippen LogP contribution in [-0.4, -0.2) is 23.0 Å². The van der Waals surface area contributed by atoms with Crippen LogP contribution in [0.1, 0.15) is 20.9 Å². The van der Waals surface area contributed by atoms with E-state index in [2.05, 4.69) is 20.0 Å². The number of hydrogen-bond acceptors (Lipinski definition) is 7. The highest BCUT2D eigenvalue weighted by atomic mass is 32.1. The minimum absolute atomic E-state index is 0.250. The molecule has 0 saturated heterocycles. The van der Waals surface area contributed by atoms with Crippen LogP contribution in [0.3, 0.4) is 0 Å². The van der Waals surface area contributed by atoms with Crippen LogP contribution in [0.25, 0.3) is 0 Å². The number of nitrogens with zero attached hydrogens (tertiary/aromatic N) is 2. The standard InChI is InChI=1S/C12H14N4O2S/c1-6-7(2)19-12(15-6)16-10-9(13)8(4-5-14-10)11(17)18-3/h4-5H,13H2,1-3H3,(H,14,15,16). The molecule has 0 unspecified atom stereocenters. The highest BCUT2D eigenvalue weighted by Crippen LogP contribution is 2.28. The number of pyridine rings is 1. The van der Waals surface area contributed by atoms with Crippen LogP contribution in [0.5, 0.6) is 0 Å². The summed E-state index contributed by atoms with van der Waals surface area (Å²) in [6, 6.07) is 1.52. The maximum atomic E-state index is 11.5. The van der Waals surface area contributed by atoms with Gasteiger partial charge in [-0.25, -0.2) is 14.8 Å². The number of anilines is 3. The lowest BCUT2D eigenvalue weighted by Crippen LogP contribution is -2.08. The Hall–Kier alpha value is -2.15. The summed E-state index contributed by atoms with van der Waals surface area (Å²) in [7, 11) is 1.31. The minimum Gasteiger partial charge on any atom is -0.465 e. The second-order valence-electron chi connectivity index (χ2n) is 3.90. The molecule has 0 spiro atoms. The lowest BCUT2D eigenvalue weighted by molar-refractivity contribution is 0.0602. The first kappa shape index (κ1) is 13.3. The first-order valence-electron chi connectivity index (χ1n) is 5.56. The summed E-state index contributed by atoms with van der Waals surface area (Å²) in [5.74, 6) is -0.0916. The van der Waals surface area contributed by atoms with Gasteiger partial charge in [0.05, 0.1) is 24.1 Å². The fourth-order valence-corrected chi connectivity index (χ4v) is 2.30. The molecule has 6 nitrogen and oxygen atoms in total. The van der Waals surface area contributed by atoms with Crippen molar-refractivity contribution in [2.75, 3.05) is 18.2 Å². The van der Waals surface area contributed by atoms with Gasteiger partial charge in [0.1, 0.15) is 0 Å². The van der Waals surface area contributed by atoms with Crippen molar-refractivity contribution in [1.82, 2.24) is 9.97 Å². The van der Waals surface area contributed by atoms with Gasteiger partial charge in [-0.3, -0.25) is 0 Å². The maximum Gasteiger partial charge on any atom is 0.340 e. The number of nitrogens with two attached hydrogens (primary N) is 1. The predicted molar refractivity (Wildman–Crippen MR) is 74.9 cm³/mol. The second kappa shape index (κ2) is 5.23. The van der Waals surface area contributed by atoms with Crippen LogP contribution in [0.15, 0.2) is 12.3 Å². The van der Waals surface area contributed by atoms with E-state index in [4.69, 9.17) is 5.73 Å². The van der Waals surface area contributed by atoms with E-state index in [9.17, 15) is 4.79 Å². The van der Waals surface area contributed by atoms with Crippen LogP contribution in [0.4, 0.5) is 16.6 Å². The molecule has 2 aromatic heterocycles. The molecule has 100 valence electrons. The quantitative estimate of drug-likeness (QED) is 0.837. The molecule has 0 saturated carbocycles. The number of nitrogen functional groups attached to an aromatic ring is 1. The van der Waals surface area contributed by atoms with E-state index in [1.54, 1.807) is 0 Å². The SMILES string of the molecule is COC(=O)c1ccnc(Nc2nc(C)c(C)s2)c1N. The van der Waals surface area contributed by atoms with E-state index in [1.165, 1.54) is 30.7 Å². The van der Waals surface area contributed by atoms with Gasteiger partial charge in [-0.15, -0.1) is 11.3 Å². The van der Waals surface area contributed by atoms with E-state index >= 15 is 0 Å². The van der Waals surface area contributed by atoms with Gasteiger partial charge in [0.25, 0.3) is 0 Å². The molecule has 0 aliphatic carbocycles. The highest BCUT2D eigenvalue weighted by Gasteiger charge is 2.15. The summed E-state index contributed by atoms with van der Waals surface area (Å²) in [4.78, 5) is 21.1. The van der Waals surface area contributed by atoms with E-state index < -0.39 is 5.97 Å². The first-order chi connectivity index (χ1) is 9.02. The number of aryl methyl sites for hydroxylation is 2. The normalized spacial score (nSPS) is 10.3. The average molecular weight is 278 g/mol. The van der Waals surface area contributed by atoms with Crippen molar-refractivity contribution in [1.29, 1.82) is 0 Å². The van der Waals surface area contributed by atoms with Gasteiger partial charge in [0, 0.05) is 11.1 Å². The zero-order chi connectivity index (χ0) is 14.0. The number of carbonyl (C=O) groups is 1. The van der Waals surface area contributed by atoms with Crippen LogP contribution >= 0.6 is 11.3 Å². The Morgan fingerprint density at radius 2 is 2.21 bits per heavy atom. The summed E-state index contributed by atoms with van der Waals surface area (Å²) in [6.45, 7) is 3.92. The third-order valence-electron chi connectivity index (χ3n) is 2.65. The summed E-state index contributed by atoms with van der Waals surface area (Å²) in [5, 5.41) is 3.71. The van der Waals surface area contributed by atoms with Crippen molar-refractivity contribution in [2.45, 2.75) is 13.8 Å². The molecule has 0 aliphatic heterocycles. The molecular formula is C12H14N4O2S. The van der Waals surface area contributed by atoms with Crippen LogP contribution in [-0.2, 0) is 4.74 Å². The first-order valence-corrected chi connectivity index (χ1v) is 6.38. The lowest BCUT2D eigenvalue weighted by Gasteiger charge is -2.08. The number of aromatic nitrogens is 2. The van der Waals surface area contributed by atoms with Crippen molar-refractivity contribution in [2.24, 2.45) is 0 Å². The summed E-state index contributed by atoms with van der Waals surface area (Å²) in [5.41, 5.74) is 7.39. The van der Waals surface area contributed by atoms with Crippen LogP contribution in [0, 0.1) is 13.8 Å². The number of rotatable bonds is 3. The zero-order valence-electron chi connectivity index (χ0n) is 10.9. The lowest BCUT2D eigenvalue weighted by atomic mass is 10.2. The number of ether oxygens (including phenoxy) is 1. The van der Waals surface area contributed by atoms with Gasteiger partial charge >= 0.3 is 5.97 Å². The van der Waals surface area contributed by atoms with Crippen LogP contribution in [0.2, 0.25) is 0 Å². The predicted octanol–water partition coefficient (Wildman–Crippen LogP) is 2.27. The van der Waals surface area contributed by atoms with Crippen molar-refractivity contribution in [3.8, 4) is 0 Å². The molecule has 0 bridgehead atoms. The van der Waals surface area contributed by atoms with Gasteiger partial charge in [0.15, 0.2) is 10.9 Å². The van der Waals surface area contributed by atoms with Gasteiger partial charge in [-0.1, -0.05) is 0 Å². The Labute approximate surface area is 114 Å². The monoisotopic (exact) mass is 278 g/mol. The number of esters is 1. The Morgan fingerprint density at radius 1 is 1.47 bits per heavy atom. The third-order valence-corrected chi connectivity index (χ3v) is 3.64. The topological polar surface area (TPSA) is 90.1 Å². The third kappa shape index (κ3) is 2.65.